The van der Waals surface area contributed by atoms with Gasteiger partial charge in [-0.15, -0.1) is 13.2 Å². The minimum absolute atomic E-state index is 0.267. The number of aliphatic hydroxyl groups is 1. The normalized spacial score (nSPS) is 13.0. The van der Waals surface area contributed by atoms with Crippen molar-refractivity contribution in [2.75, 3.05) is 0 Å². The number of halogens is 3. The molecule has 1 unspecified atom stereocenters. The van der Waals surface area contributed by atoms with E-state index in [1.165, 1.54) is 24.3 Å². The highest BCUT2D eigenvalue weighted by Gasteiger charge is 2.30. The largest absolute Gasteiger partial charge is 0.573 e. The number of rotatable bonds is 4. The molecule has 2 rings (SSSR count). The predicted octanol–water partition coefficient (Wildman–Crippen LogP) is 4.17. The number of hydrogen-bond acceptors (Lipinski definition) is 2. The van der Waals surface area contributed by atoms with Gasteiger partial charge in [0, 0.05) is 6.42 Å². The quantitative estimate of drug-likeness (QED) is 0.917. The molecule has 2 nitrogen and oxygen atoms in total. The molecule has 0 bridgehead atoms. The van der Waals surface area contributed by atoms with Crippen molar-refractivity contribution >= 4 is 0 Å². The van der Waals surface area contributed by atoms with E-state index in [4.69, 9.17) is 0 Å². The lowest BCUT2D eigenvalue weighted by Crippen LogP contribution is -2.17. The summed E-state index contributed by atoms with van der Waals surface area (Å²) in [6, 6.07) is 13.0. The van der Waals surface area contributed by atoms with E-state index in [0.717, 1.165) is 16.7 Å². The molecule has 0 heterocycles. The zero-order valence-corrected chi connectivity index (χ0v) is 11.4. The van der Waals surface area contributed by atoms with Gasteiger partial charge in [-0.05, 0) is 35.7 Å². The standard InChI is InChI=1S/C16H15F3O2/c1-11-4-2-3-5-14(11)15(20)10-12-6-8-13(9-7-12)21-16(17,18)19/h2-9,15,20H,10H2,1H3. The average Bonchev–Trinajstić information content (AvgIpc) is 2.40. The van der Waals surface area contributed by atoms with Gasteiger partial charge in [0.15, 0.2) is 0 Å². The van der Waals surface area contributed by atoms with Crippen LogP contribution in [-0.2, 0) is 6.42 Å². The van der Waals surface area contributed by atoms with Crippen molar-refractivity contribution in [3.8, 4) is 5.75 Å². The fourth-order valence-corrected chi connectivity index (χ4v) is 2.12. The minimum atomic E-state index is -4.69. The Balaban J connectivity index is 2.05. The number of aryl methyl sites for hydroxylation is 1. The maximum Gasteiger partial charge on any atom is 0.573 e. The molecule has 0 aliphatic rings. The van der Waals surface area contributed by atoms with E-state index >= 15 is 0 Å². The van der Waals surface area contributed by atoms with E-state index < -0.39 is 12.5 Å². The molecule has 0 aromatic heterocycles. The number of benzene rings is 2. The van der Waals surface area contributed by atoms with Crippen LogP contribution in [0.1, 0.15) is 22.8 Å². The molecule has 1 atom stereocenters. The summed E-state index contributed by atoms with van der Waals surface area (Å²) in [4.78, 5) is 0. The fraction of sp³-hybridized carbons (Fsp3) is 0.250. The molecule has 5 heteroatoms. The highest BCUT2D eigenvalue weighted by Crippen LogP contribution is 2.25. The molecular formula is C16H15F3O2. The molecule has 2 aromatic rings. The van der Waals surface area contributed by atoms with E-state index in [1.54, 1.807) is 0 Å². The second kappa shape index (κ2) is 6.18. The maximum atomic E-state index is 12.1. The van der Waals surface area contributed by atoms with Crippen molar-refractivity contribution in [2.45, 2.75) is 25.8 Å². The molecule has 2 aromatic carbocycles. The SMILES string of the molecule is Cc1ccccc1C(O)Cc1ccc(OC(F)(F)F)cc1. The summed E-state index contributed by atoms with van der Waals surface area (Å²) in [5.41, 5.74) is 2.52. The van der Waals surface area contributed by atoms with Crippen LogP contribution in [0.3, 0.4) is 0 Å². The van der Waals surface area contributed by atoms with Crippen molar-refractivity contribution in [1.29, 1.82) is 0 Å². The third-order valence-electron chi connectivity index (χ3n) is 3.13. The van der Waals surface area contributed by atoms with Gasteiger partial charge in [-0.1, -0.05) is 36.4 Å². The minimum Gasteiger partial charge on any atom is -0.406 e. The highest BCUT2D eigenvalue weighted by molar-refractivity contribution is 5.31. The molecule has 1 N–H and O–H groups in total. The lowest BCUT2D eigenvalue weighted by atomic mass is 9.98. The zero-order valence-electron chi connectivity index (χ0n) is 11.4. The van der Waals surface area contributed by atoms with Gasteiger partial charge in [0.2, 0.25) is 0 Å². The van der Waals surface area contributed by atoms with Crippen LogP contribution < -0.4 is 4.74 Å². The molecule has 0 radical (unpaired) electrons. The fourth-order valence-electron chi connectivity index (χ4n) is 2.12. The van der Waals surface area contributed by atoms with Gasteiger partial charge >= 0.3 is 6.36 Å². The van der Waals surface area contributed by atoms with Crippen molar-refractivity contribution in [1.82, 2.24) is 0 Å². The van der Waals surface area contributed by atoms with E-state index in [-0.39, 0.29) is 5.75 Å². The third-order valence-corrected chi connectivity index (χ3v) is 3.13. The summed E-state index contributed by atoms with van der Waals surface area (Å²) in [6.07, 6.45) is -5.06. The molecule has 0 aliphatic carbocycles. The first-order chi connectivity index (χ1) is 9.85. The summed E-state index contributed by atoms with van der Waals surface area (Å²) >= 11 is 0. The summed E-state index contributed by atoms with van der Waals surface area (Å²) in [6.45, 7) is 1.90. The van der Waals surface area contributed by atoms with Crippen LogP contribution in [0, 0.1) is 6.92 Å². The molecule has 0 saturated carbocycles. The zero-order chi connectivity index (χ0) is 15.5. The van der Waals surface area contributed by atoms with Gasteiger partial charge in [-0.25, -0.2) is 0 Å². The molecule has 0 amide bonds. The van der Waals surface area contributed by atoms with Gasteiger partial charge in [-0.2, -0.15) is 0 Å². The van der Waals surface area contributed by atoms with Crippen molar-refractivity contribution in [3.63, 3.8) is 0 Å². The lowest BCUT2D eigenvalue weighted by Gasteiger charge is -2.14. The predicted molar refractivity (Wildman–Crippen MR) is 73.0 cm³/mol. The maximum absolute atomic E-state index is 12.1. The van der Waals surface area contributed by atoms with E-state index in [2.05, 4.69) is 4.74 Å². The van der Waals surface area contributed by atoms with Crippen LogP contribution in [0.2, 0.25) is 0 Å². The third kappa shape index (κ3) is 4.49. The van der Waals surface area contributed by atoms with Gasteiger partial charge in [0.05, 0.1) is 6.10 Å². The Morgan fingerprint density at radius 1 is 1.05 bits per heavy atom. The molecule has 0 fully saturated rings. The summed E-state index contributed by atoms with van der Waals surface area (Å²) in [5.74, 6) is -0.267. The van der Waals surface area contributed by atoms with Crippen LogP contribution >= 0.6 is 0 Å². The summed E-state index contributed by atoms with van der Waals surface area (Å²) in [5, 5.41) is 10.2. The number of alkyl halides is 3. The molecule has 0 spiro atoms. The monoisotopic (exact) mass is 296 g/mol. The summed E-state index contributed by atoms with van der Waals surface area (Å²) < 4.78 is 40.0. The average molecular weight is 296 g/mol. The van der Waals surface area contributed by atoms with E-state index in [0.29, 0.717) is 6.42 Å². The van der Waals surface area contributed by atoms with Crippen LogP contribution in [0.25, 0.3) is 0 Å². The van der Waals surface area contributed by atoms with Crippen molar-refractivity contribution < 1.29 is 23.0 Å². The molecular weight excluding hydrogens is 281 g/mol. The topological polar surface area (TPSA) is 29.5 Å². The van der Waals surface area contributed by atoms with Gasteiger partial charge in [0.1, 0.15) is 5.75 Å². The van der Waals surface area contributed by atoms with Crippen molar-refractivity contribution in [2.24, 2.45) is 0 Å². The number of hydrogen-bond donors (Lipinski definition) is 1. The molecule has 0 aliphatic heterocycles. The molecule has 112 valence electrons. The highest BCUT2D eigenvalue weighted by atomic mass is 19.4. The second-order valence-electron chi connectivity index (χ2n) is 4.77. The first kappa shape index (κ1) is 15.4. The Morgan fingerprint density at radius 2 is 1.67 bits per heavy atom. The van der Waals surface area contributed by atoms with Gasteiger partial charge < -0.3 is 9.84 Å². The second-order valence-corrected chi connectivity index (χ2v) is 4.77. The number of ether oxygens (including phenoxy) is 1. The Kier molecular flexibility index (Phi) is 4.53. The molecule has 21 heavy (non-hydrogen) atoms. The van der Waals surface area contributed by atoms with E-state index in [1.807, 2.05) is 31.2 Å². The first-order valence-corrected chi connectivity index (χ1v) is 6.43. The van der Waals surface area contributed by atoms with Crippen LogP contribution in [0.5, 0.6) is 5.75 Å². The smallest absolute Gasteiger partial charge is 0.406 e. The van der Waals surface area contributed by atoms with Gasteiger partial charge in [0.25, 0.3) is 0 Å². The van der Waals surface area contributed by atoms with Gasteiger partial charge in [-0.3, -0.25) is 0 Å². The first-order valence-electron chi connectivity index (χ1n) is 6.43. The Hall–Kier alpha value is -2.01. The number of aliphatic hydroxyl groups excluding tert-OH is 1. The molecule has 0 saturated heterocycles. The van der Waals surface area contributed by atoms with Crippen LogP contribution in [-0.4, -0.2) is 11.5 Å². The lowest BCUT2D eigenvalue weighted by molar-refractivity contribution is -0.274. The van der Waals surface area contributed by atoms with Crippen LogP contribution in [0.4, 0.5) is 13.2 Å². The Labute approximate surface area is 120 Å². The Morgan fingerprint density at radius 3 is 2.24 bits per heavy atom. The summed E-state index contributed by atoms with van der Waals surface area (Å²) in [7, 11) is 0. The van der Waals surface area contributed by atoms with E-state index in [9.17, 15) is 18.3 Å². The Bertz CT molecular complexity index is 591. The van der Waals surface area contributed by atoms with Crippen LogP contribution in [0.15, 0.2) is 48.5 Å². The van der Waals surface area contributed by atoms with Crippen molar-refractivity contribution in [3.05, 3.63) is 65.2 Å².